The van der Waals surface area contributed by atoms with Crippen molar-refractivity contribution in [3.05, 3.63) is 79.5 Å². The molecule has 4 rings (SSSR count). The van der Waals surface area contributed by atoms with Crippen molar-refractivity contribution in [3.63, 3.8) is 0 Å². The van der Waals surface area contributed by atoms with Crippen LogP contribution < -0.4 is 5.43 Å². The first-order chi connectivity index (χ1) is 15.4. The van der Waals surface area contributed by atoms with E-state index in [0.717, 1.165) is 16.5 Å². The summed E-state index contributed by atoms with van der Waals surface area (Å²) >= 11 is 2.23. The highest BCUT2D eigenvalue weighted by atomic mass is 32.2. The van der Waals surface area contributed by atoms with Crippen LogP contribution in [0, 0.1) is 20.2 Å². The van der Waals surface area contributed by atoms with E-state index in [4.69, 9.17) is 0 Å². The Bertz CT molecular complexity index is 1370. The first kappa shape index (κ1) is 21.1. The Kier molecular flexibility index (Phi) is 5.87. The normalized spacial score (nSPS) is 11.1. The maximum Gasteiger partial charge on any atom is 0.283 e. The van der Waals surface area contributed by atoms with Gasteiger partial charge in [0.05, 0.1) is 25.8 Å². The SMILES string of the molecule is O=C(N/N=C/c1ccc(Sc2ncn[nH]2)c([N+](=O)[O-])c1)c1cc2cc([N+](=O)[O-])ccc2s1. The lowest BCUT2D eigenvalue weighted by atomic mass is 10.2. The smallest absolute Gasteiger partial charge is 0.266 e. The molecule has 2 heterocycles. The summed E-state index contributed by atoms with van der Waals surface area (Å²) in [5.74, 6) is -0.503. The average Bonchev–Trinajstić information content (AvgIpc) is 3.43. The number of nitro groups is 2. The molecular formula is C18H11N7O5S2. The Morgan fingerprint density at radius 2 is 2.00 bits per heavy atom. The minimum absolute atomic E-state index is 0.0632. The molecule has 2 aromatic carbocycles. The van der Waals surface area contributed by atoms with E-state index in [1.165, 1.54) is 48.1 Å². The van der Waals surface area contributed by atoms with Gasteiger partial charge in [-0.15, -0.1) is 11.3 Å². The van der Waals surface area contributed by atoms with Crippen LogP contribution in [0.2, 0.25) is 0 Å². The second kappa shape index (κ2) is 8.91. The highest BCUT2D eigenvalue weighted by Crippen LogP contribution is 2.33. The lowest BCUT2D eigenvalue weighted by Gasteiger charge is -2.02. The zero-order valence-corrected chi connectivity index (χ0v) is 17.4. The Hall–Kier alpha value is -4.17. The number of rotatable bonds is 7. The van der Waals surface area contributed by atoms with Crippen molar-refractivity contribution in [2.75, 3.05) is 0 Å². The molecule has 0 aliphatic heterocycles. The molecule has 0 unspecified atom stereocenters. The number of benzene rings is 2. The predicted octanol–water partition coefficient (Wildman–Crippen LogP) is 3.75. The van der Waals surface area contributed by atoms with Gasteiger partial charge in [-0.1, -0.05) is 6.07 Å². The number of thiophene rings is 1. The van der Waals surface area contributed by atoms with Gasteiger partial charge in [0.25, 0.3) is 17.3 Å². The maximum atomic E-state index is 12.4. The van der Waals surface area contributed by atoms with Crippen LogP contribution in [-0.2, 0) is 0 Å². The van der Waals surface area contributed by atoms with Gasteiger partial charge in [-0.3, -0.25) is 30.1 Å². The third kappa shape index (κ3) is 4.60. The van der Waals surface area contributed by atoms with E-state index in [2.05, 4.69) is 25.7 Å². The number of hydrogen-bond donors (Lipinski definition) is 2. The van der Waals surface area contributed by atoms with Gasteiger partial charge in [0, 0.05) is 33.8 Å². The van der Waals surface area contributed by atoms with Gasteiger partial charge in [-0.25, -0.2) is 10.4 Å². The van der Waals surface area contributed by atoms with Crippen LogP contribution in [0.1, 0.15) is 15.2 Å². The molecule has 2 aromatic heterocycles. The van der Waals surface area contributed by atoms with Crippen molar-refractivity contribution in [1.29, 1.82) is 0 Å². The van der Waals surface area contributed by atoms with Crippen LogP contribution in [0.4, 0.5) is 11.4 Å². The molecule has 0 aliphatic carbocycles. The molecule has 0 spiro atoms. The molecule has 4 aromatic rings. The van der Waals surface area contributed by atoms with E-state index in [0.29, 0.717) is 25.9 Å². The number of nitrogens with one attached hydrogen (secondary N) is 2. The van der Waals surface area contributed by atoms with Gasteiger partial charge >= 0.3 is 0 Å². The molecule has 160 valence electrons. The maximum absolute atomic E-state index is 12.4. The molecule has 0 fully saturated rings. The van der Waals surface area contributed by atoms with Crippen LogP contribution in [0.3, 0.4) is 0 Å². The zero-order chi connectivity index (χ0) is 22.7. The molecule has 0 bridgehead atoms. The second-order valence-corrected chi connectivity index (χ2v) is 8.28. The van der Waals surface area contributed by atoms with Crippen molar-refractivity contribution in [3.8, 4) is 0 Å². The lowest BCUT2D eigenvalue weighted by Crippen LogP contribution is -2.16. The minimum atomic E-state index is -0.523. The van der Waals surface area contributed by atoms with E-state index in [9.17, 15) is 25.0 Å². The fourth-order valence-corrected chi connectivity index (χ4v) is 4.38. The first-order valence-corrected chi connectivity index (χ1v) is 10.4. The Balaban J connectivity index is 1.48. The van der Waals surface area contributed by atoms with E-state index < -0.39 is 15.8 Å². The van der Waals surface area contributed by atoms with E-state index in [1.807, 2.05) is 0 Å². The lowest BCUT2D eigenvalue weighted by molar-refractivity contribution is -0.387. The molecule has 0 atom stereocenters. The Morgan fingerprint density at radius 1 is 1.16 bits per heavy atom. The predicted molar refractivity (Wildman–Crippen MR) is 117 cm³/mol. The molecule has 12 nitrogen and oxygen atoms in total. The summed E-state index contributed by atoms with van der Waals surface area (Å²) in [6.45, 7) is 0. The van der Waals surface area contributed by atoms with Gasteiger partial charge in [0.2, 0.25) is 0 Å². The van der Waals surface area contributed by atoms with Crippen molar-refractivity contribution >= 4 is 56.7 Å². The number of fused-ring (bicyclic) bond motifs is 1. The molecular weight excluding hydrogens is 458 g/mol. The number of H-pyrrole nitrogens is 1. The standard InChI is InChI=1S/C18H11N7O5S2/c26-17(16-7-11-6-12(24(27)28)2-4-14(11)31-16)22-20-8-10-1-3-15(13(5-10)25(29)30)32-18-19-9-21-23-18/h1-9H,(H,22,26)(H,19,21,23)/b20-8+. The molecule has 0 saturated carbocycles. The second-order valence-electron chi connectivity index (χ2n) is 6.17. The van der Waals surface area contributed by atoms with Gasteiger partial charge in [0.15, 0.2) is 5.16 Å². The van der Waals surface area contributed by atoms with Gasteiger partial charge in [-0.05, 0) is 30.0 Å². The molecule has 0 radical (unpaired) electrons. The topological polar surface area (TPSA) is 169 Å². The number of hydrogen-bond acceptors (Lipinski definition) is 10. The summed E-state index contributed by atoms with van der Waals surface area (Å²) < 4.78 is 0.722. The summed E-state index contributed by atoms with van der Waals surface area (Å²) in [5.41, 5.74) is 2.55. The fraction of sp³-hybridized carbons (Fsp3) is 0. The van der Waals surface area contributed by atoms with Crippen LogP contribution in [-0.4, -0.2) is 37.1 Å². The van der Waals surface area contributed by atoms with Crippen molar-refractivity contribution in [2.24, 2.45) is 5.10 Å². The average molecular weight is 469 g/mol. The van der Waals surface area contributed by atoms with Crippen LogP contribution in [0.15, 0.2) is 63.9 Å². The van der Waals surface area contributed by atoms with Crippen molar-refractivity contribution in [2.45, 2.75) is 10.1 Å². The molecule has 1 amide bonds. The number of carbonyl (C=O) groups is 1. The summed E-state index contributed by atoms with van der Waals surface area (Å²) in [4.78, 5) is 38.2. The largest absolute Gasteiger partial charge is 0.283 e. The van der Waals surface area contributed by atoms with Gasteiger partial charge in [-0.2, -0.15) is 10.2 Å². The van der Waals surface area contributed by atoms with E-state index in [-0.39, 0.29) is 11.4 Å². The minimum Gasteiger partial charge on any atom is -0.266 e. The number of amides is 1. The highest BCUT2D eigenvalue weighted by molar-refractivity contribution is 7.99. The third-order valence-electron chi connectivity index (χ3n) is 4.09. The zero-order valence-electron chi connectivity index (χ0n) is 15.8. The Labute approximate surface area is 186 Å². The number of aromatic nitrogens is 3. The van der Waals surface area contributed by atoms with Gasteiger partial charge in [0.1, 0.15) is 6.33 Å². The molecule has 2 N–H and O–H groups in total. The summed E-state index contributed by atoms with van der Waals surface area (Å²) in [5, 5.41) is 33.5. The number of nitro benzene ring substituents is 2. The Morgan fingerprint density at radius 3 is 2.72 bits per heavy atom. The molecule has 14 heteroatoms. The van der Waals surface area contributed by atoms with Gasteiger partial charge < -0.3 is 0 Å². The van der Waals surface area contributed by atoms with E-state index >= 15 is 0 Å². The number of nitrogens with zero attached hydrogens (tertiary/aromatic N) is 5. The van der Waals surface area contributed by atoms with Crippen molar-refractivity contribution in [1.82, 2.24) is 20.6 Å². The third-order valence-corrected chi connectivity index (χ3v) is 6.16. The van der Waals surface area contributed by atoms with Crippen LogP contribution in [0.25, 0.3) is 10.1 Å². The first-order valence-electron chi connectivity index (χ1n) is 8.74. The molecule has 0 saturated heterocycles. The number of aromatic amines is 1. The van der Waals surface area contributed by atoms with E-state index in [1.54, 1.807) is 18.2 Å². The van der Waals surface area contributed by atoms with Crippen LogP contribution in [0.5, 0.6) is 0 Å². The number of hydrazone groups is 1. The summed E-state index contributed by atoms with van der Waals surface area (Å²) in [7, 11) is 0. The quantitative estimate of drug-likeness (QED) is 0.234. The summed E-state index contributed by atoms with van der Waals surface area (Å²) in [6.07, 6.45) is 2.58. The number of non-ortho nitro benzene ring substituents is 1. The van der Waals surface area contributed by atoms with Crippen LogP contribution >= 0.6 is 23.1 Å². The summed E-state index contributed by atoms with van der Waals surface area (Å²) in [6, 6.07) is 10.4. The number of carbonyl (C=O) groups excluding carboxylic acids is 1. The highest BCUT2D eigenvalue weighted by Gasteiger charge is 2.17. The fourth-order valence-electron chi connectivity index (χ4n) is 2.67. The van der Waals surface area contributed by atoms with Crippen molar-refractivity contribution < 1.29 is 14.6 Å². The molecule has 32 heavy (non-hydrogen) atoms. The monoisotopic (exact) mass is 469 g/mol. The molecule has 0 aliphatic rings.